The highest BCUT2D eigenvalue weighted by Gasteiger charge is 2.15. The molecule has 0 bridgehead atoms. The Balaban J connectivity index is 2.12. The average molecular weight is 319 g/mol. The van der Waals surface area contributed by atoms with Crippen LogP contribution in [-0.4, -0.2) is 22.5 Å². The van der Waals surface area contributed by atoms with Gasteiger partial charge in [-0.05, 0) is 31.2 Å². The second-order valence-corrected chi connectivity index (χ2v) is 5.05. The lowest BCUT2D eigenvalue weighted by atomic mass is 10.2. The maximum absolute atomic E-state index is 13.8. The topological polar surface area (TPSA) is 55.0 Å². The molecule has 0 saturated carbocycles. The van der Waals surface area contributed by atoms with Gasteiger partial charge in [-0.25, -0.2) is 14.2 Å². The molecular formula is C16H12ClFN2O2. The molecule has 0 amide bonds. The first-order valence-corrected chi connectivity index (χ1v) is 7.09. The Morgan fingerprint density at radius 1 is 1.36 bits per heavy atom. The fourth-order valence-corrected chi connectivity index (χ4v) is 2.45. The van der Waals surface area contributed by atoms with E-state index >= 15 is 0 Å². The van der Waals surface area contributed by atoms with Crippen LogP contribution in [0, 0.1) is 5.82 Å². The summed E-state index contributed by atoms with van der Waals surface area (Å²) in [7, 11) is 0. The fraction of sp³-hybridized carbons (Fsp3) is 0.125. The smallest absolute Gasteiger partial charge is 0.338 e. The van der Waals surface area contributed by atoms with E-state index in [0.29, 0.717) is 33.0 Å². The number of nitrogens with one attached hydrogen (secondary N) is 1. The molecule has 3 rings (SSSR count). The number of hydrogen-bond donors (Lipinski definition) is 1. The van der Waals surface area contributed by atoms with Gasteiger partial charge in [-0.2, -0.15) is 0 Å². The SMILES string of the molecule is CCOC(=O)c1cc(Cl)c2nc(-c3ccccc3F)[nH]c2c1. The van der Waals surface area contributed by atoms with Gasteiger partial charge in [-0.15, -0.1) is 0 Å². The first kappa shape index (κ1) is 14.5. The molecule has 112 valence electrons. The van der Waals surface area contributed by atoms with Gasteiger partial charge in [0.25, 0.3) is 0 Å². The summed E-state index contributed by atoms with van der Waals surface area (Å²) in [6.07, 6.45) is 0. The number of carbonyl (C=O) groups is 1. The predicted octanol–water partition coefficient (Wildman–Crippen LogP) is 4.20. The number of H-pyrrole nitrogens is 1. The first-order valence-electron chi connectivity index (χ1n) is 6.71. The molecule has 0 aliphatic carbocycles. The van der Waals surface area contributed by atoms with Crippen LogP contribution in [0.4, 0.5) is 4.39 Å². The number of rotatable bonds is 3. The zero-order valence-electron chi connectivity index (χ0n) is 11.7. The minimum Gasteiger partial charge on any atom is -0.462 e. The Morgan fingerprint density at radius 2 is 2.14 bits per heavy atom. The molecule has 0 unspecified atom stereocenters. The highest BCUT2D eigenvalue weighted by Crippen LogP contribution is 2.28. The van der Waals surface area contributed by atoms with E-state index in [1.165, 1.54) is 12.1 Å². The maximum atomic E-state index is 13.8. The van der Waals surface area contributed by atoms with E-state index in [2.05, 4.69) is 9.97 Å². The third kappa shape index (κ3) is 2.55. The van der Waals surface area contributed by atoms with Crippen molar-refractivity contribution in [1.82, 2.24) is 9.97 Å². The van der Waals surface area contributed by atoms with Crippen LogP contribution in [0.25, 0.3) is 22.4 Å². The standard InChI is InChI=1S/C16H12ClFN2O2/c1-2-22-16(21)9-7-11(17)14-13(8-9)19-15(20-14)10-5-3-4-6-12(10)18/h3-8H,2H2,1H3,(H,19,20). The highest BCUT2D eigenvalue weighted by atomic mass is 35.5. The van der Waals surface area contributed by atoms with E-state index in [4.69, 9.17) is 16.3 Å². The van der Waals surface area contributed by atoms with Crippen molar-refractivity contribution in [3.05, 3.63) is 52.8 Å². The summed E-state index contributed by atoms with van der Waals surface area (Å²) >= 11 is 6.16. The van der Waals surface area contributed by atoms with Gasteiger partial charge in [0, 0.05) is 0 Å². The Hall–Kier alpha value is -2.40. The largest absolute Gasteiger partial charge is 0.462 e. The van der Waals surface area contributed by atoms with E-state index < -0.39 is 5.97 Å². The molecular weight excluding hydrogens is 307 g/mol. The van der Waals surface area contributed by atoms with Crippen LogP contribution in [0.1, 0.15) is 17.3 Å². The minimum absolute atomic E-state index is 0.276. The second-order valence-electron chi connectivity index (χ2n) is 4.64. The molecule has 0 atom stereocenters. The van der Waals surface area contributed by atoms with E-state index in [-0.39, 0.29) is 12.4 Å². The summed E-state index contributed by atoms with van der Waals surface area (Å²) < 4.78 is 18.8. The van der Waals surface area contributed by atoms with Crippen LogP contribution >= 0.6 is 11.6 Å². The summed E-state index contributed by atoms with van der Waals surface area (Å²) in [5.41, 5.74) is 1.69. The van der Waals surface area contributed by atoms with Gasteiger partial charge in [0.1, 0.15) is 17.2 Å². The molecule has 0 saturated heterocycles. The van der Waals surface area contributed by atoms with Crippen LogP contribution < -0.4 is 0 Å². The van der Waals surface area contributed by atoms with Crippen molar-refractivity contribution in [1.29, 1.82) is 0 Å². The van der Waals surface area contributed by atoms with Gasteiger partial charge in [0.2, 0.25) is 0 Å². The number of halogens is 2. The Bertz CT molecular complexity index is 860. The molecule has 0 radical (unpaired) electrons. The van der Waals surface area contributed by atoms with Gasteiger partial charge in [-0.1, -0.05) is 23.7 Å². The summed E-state index contributed by atoms with van der Waals surface area (Å²) in [6, 6.07) is 9.39. The average Bonchev–Trinajstić information content (AvgIpc) is 2.92. The molecule has 0 fully saturated rings. The fourth-order valence-electron chi connectivity index (χ4n) is 2.19. The van der Waals surface area contributed by atoms with Crippen molar-refractivity contribution < 1.29 is 13.9 Å². The third-order valence-electron chi connectivity index (χ3n) is 3.18. The molecule has 4 nitrogen and oxygen atoms in total. The van der Waals surface area contributed by atoms with Gasteiger partial charge >= 0.3 is 5.97 Å². The molecule has 1 aromatic heterocycles. The van der Waals surface area contributed by atoms with E-state index in [1.807, 2.05) is 0 Å². The Kier molecular flexibility index (Phi) is 3.81. The number of imidazole rings is 1. The van der Waals surface area contributed by atoms with E-state index in [9.17, 15) is 9.18 Å². The van der Waals surface area contributed by atoms with Crippen molar-refractivity contribution in [3.8, 4) is 11.4 Å². The lowest BCUT2D eigenvalue weighted by molar-refractivity contribution is 0.0526. The van der Waals surface area contributed by atoms with E-state index in [0.717, 1.165) is 0 Å². The quantitative estimate of drug-likeness (QED) is 0.736. The van der Waals surface area contributed by atoms with Crippen molar-refractivity contribution in [3.63, 3.8) is 0 Å². The van der Waals surface area contributed by atoms with Crippen LogP contribution in [0.3, 0.4) is 0 Å². The number of fused-ring (bicyclic) bond motifs is 1. The molecule has 1 N–H and O–H groups in total. The van der Waals surface area contributed by atoms with Crippen LogP contribution in [0.5, 0.6) is 0 Å². The minimum atomic E-state index is -0.464. The van der Waals surface area contributed by atoms with Crippen molar-refractivity contribution in [2.75, 3.05) is 6.61 Å². The predicted molar refractivity (Wildman–Crippen MR) is 82.5 cm³/mol. The van der Waals surface area contributed by atoms with Crippen LogP contribution in [0.2, 0.25) is 5.02 Å². The highest BCUT2D eigenvalue weighted by molar-refractivity contribution is 6.35. The molecule has 0 spiro atoms. The number of carbonyl (C=O) groups excluding carboxylic acids is 1. The summed E-state index contributed by atoms with van der Waals surface area (Å²) in [5, 5.41) is 0.305. The third-order valence-corrected chi connectivity index (χ3v) is 3.47. The van der Waals surface area contributed by atoms with Crippen molar-refractivity contribution >= 4 is 28.6 Å². The summed E-state index contributed by atoms with van der Waals surface area (Å²) in [5.74, 6) is -0.493. The number of benzene rings is 2. The second kappa shape index (κ2) is 5.77. The number of esters is 1. The number of aromatic amines is 1. The van der Waals surface area contributed by atoms with Crippen molar-refractivity contribution in [2.24, 2.45) is 0 Å². The molecule has 1 heterocycles. The number of ether oxygens (including phenoxy) is 1. The molecule has 0 aliphatic rings. The zero-order valence-corrected chi connectivity index (χ0v) is 12.4. The number of hydrogen-bond acceptors (Lipinski definition) is 3. The lowest BCUT2D eigenvalue weighted by Crippen LogP contribution is -2.04. The molecule has 22 heavy (non-hydrogen) atoms. The maximum Gasteiger partial charge on any atom is 0.338 e. The molecule has 0 aliphatic heterocycles. The normalized spacial score (nSPS) is 10.9. The number of aromatic nitrogens is 2. The van der Waals surface area contributed by atoms with Gasteiger partial charge in [0.15, 0.2) is 0 Å². The lowest BCUT2D eigenvalue weighted by Gasteiger charge is -2.02. The number of nitrogens with zero attached hydrogens (tertiary/aromatic N) is 1. The Labute approximate surface area is 130 Å². The summed E-state index contributed by atoms with van der Waals surface area (Å²) in [6.45, 7) is 2.00. The van der Waals surface area contributed by atoms with Crippen LogP contribution in [0.15, 0.2) is 36.4 Å². The van der Waals surface area contributed by atoms with Gasteiger partial charge in [0.05, 0.1) is 28.3 Å². The van der Waals surface area contributed by atoms with Crippen LogP contribution in [-0.2, 0) is 4.74 Å². The molecule has 3 aromatic rings. The van der Waals surface area contributed by atoms with Gasteiger partial charge < -0.3 is 9.72 Å². The van der Waals surface area contributed by atoms with Crippen molar-refractivity contribution in [2.45, 2.75) is 6.92 Å². The first-order chi connectivity index (χ1) is 10.6. The molecule has 2 aromatic carbocycles. The van der Waals surface area contributed by atoms with Gasteiger partial charge in [-0.3, -0.25) is 0 Å². The zero-order chi connectivity index (χ0) is 15.7. The monoisotopic (exact) mass is 318 g/mol. The summed E-state index contributed by atoms with van der Waals surface area (Å²) in [4.78, 5) is 19.1. The molecule has 6 heteroatoms. The van der Waals surface area contributed by atoms with E-state index in [1.54, 1.807) is 31.2 Å². The Morgan fingerprint density at radius 3 is 2.86 bits per heavy atom.